The minimum Gasteiger partial charge on any atom is -0.479 e. The van der Waals surface area contributed by atoms with Gasteiger partial charge in [-0.1, -0.05) is 61.0 Å². The molecule has 196 valence electrons. The predicted molar refractivity (Wildman–Crippen MR) is 138 cm³/mol. The van der Waals surface area contributed by atoms with E-state index in [1.54, 1.807) is 0 Å². The van der Waals surface area contributed by atoms with Crippen LogP contribution >= 0.6 is 0 Å². The van der Waals surface area contributed by atoms with Crippen molar-refractivity contribution in [2.75, 3.05) is 0 Å². The first-order valence-corrected chi connectivity index (χ1v) is 14.1. The molecule has 35 heavy (non-hydrogen) atoms. The van der Waals surface area contributed by atoms with Gasteiger partial charge in [0.25, 0.3) is 0 Å². The van der Waals surface area contributed by atoms with Crippen LogP contribution in [-0.4, -0.2) is 27.6 Å². The summed E-state index contributed by atoms with van der Waals surface area (Å²) in [6.45, 7) is 18.2. The number of carbonyl (C=O) groups excluding carboxylic acids is 1. The second kappa shape index (κ2) is 7.03. The van der Waals surface area contributed by atoms with E-state index in [0.717, 1.165) is 25.7 Å². The second-order valence-corrected chi connectivity index (χ2v) is 15.7. The zero-order valence-corrected chi connectivity index (χ0v) is 23.4. The Labute approximate surface area is 212 Å². The van der Waals surface area contributed by atoms with Crippen molar-refractivity contribution >= 4 is 11.8 Å². The molecule has 4 saturated carbocycles. The summed E-state index contributed by atoms with van der Waals surface area (Å²) in [5, 5.41) is 21.3. The fraction of sp³-hybridized carbons (Fsp3) is 0.871. The van der Waals surface area contributed by atoms with E-state index in [1.807, 2.05) is 13.8 Å². The molecule has 5 aliphatic rings. The highest BCUT2D eigenvalue weighted by atomic mass is 16.4. The number of carboxylic acid groups (broad SMARTS) is 1. The predicted octanol–water partition coefficient (Wildman–Crippen LogP) is 6.80. The number of fused-ring (bicyclic) bond motifs is 7. The summed E-state index contributed by atoms with van der Waals surface area (Å²) in [7, 11) is 0. The first-order valence-electron chi connectivity index (χ1n) is 14.1. The van der Waals surface area contributed by atoms with Crippen LogP contribution in [0, 0.1) is 50.2 Å². The van der Waals surface area contributed by atoms with Crippen molar-refractivity contribution in [2.45, 2.75) is 119 Å². The molecule has 0 radical (unpaired) electrons. The molecular formula is C31H48O4. The van der Waals surface area contributed by atoms with Gasteiger partial charge in [-0.15, -0.1) is 0 Å². The molecule has 0 aliphatic heterocycles. The van der Waals surface area contributed by atoms with Gasteiger partial charge in [-0.3, -0.25) is 4.79 Å². The molecule has 0 aromatic rings. The Balaban J connectivity index is 1.62. The molecule has 5 aliphatic carbocycles. The van der Waals surface area contributed by atoms with Crippen molar-refractivity contribution in [1.82, 2.24) is 0 Å². The van der Waals surface area contributed by atoms with Crippen molar-refractivity contribution in [1.29, 1.82) is 0 Å². The van der Waals surface area contributed by atoms with Crippen LogP contribution in [0.3, 0.4) is 0 Å². The highest BCUT2D eigenvalue weighted by Gasteiger charge is 2.72. The Bertz CT molecular complexity index is 1010. The molecule has 4 heteroatoms. The topological polar surface area (TPSA) is 74.6 Å². The zero-order chi connectivity index (χ0) is 26.0. The largest absolute Gasteiger partial charge is 0.479 e. The third kappa shape index (κ3) is 2.95. The molecule has 8 atom stereocenters. The van der Waals surface area contributed by atoms with Gasteiger partial charge in [0.2, 0.25) is 0 Å². The van der Waals surface area contributed by atoms with E-state index in [0.29, 0.717) is 17.8 Å². The number of ketones is 1. The number of carbonyl (C=O) groups is 2. The lowest BCUT2D eigenvalue weighted by Gasteiger charge is -2.71. The first-order chi connectivity index (χ1) is 15.9. The number of aliphatic hydroxyl groups is 1. The highest BCUT2D eigenvalue weighted by Crippen LogP contribution is 2.75. The van der Waals surface area contributed by atoms with Crippen LogP contribution in [0.5, 0.6) is 0 Å². The zero-order valence-electron chi connectivity index (χ0n) is 23.4. The molecule has 0 spiro atoms. The van der Waals surface area contributed by atoms with Crippen LogP contribution < -0.4 is 0 Å². The smallest absolute Gasteiger partial charge is 0.336 e. The minimum absolute atomic E-state index is 0.00658. The number of aliphatic carboxylic acids is 1. The maximum absolute atomic E-state index is 14.3. The van der Waals surface area contributed by atoms with Gasteiger partial charge in [0.15, 0.2) is 11.4 Å². The molecule has 0 bridgehead atoms. The fourth-order valence-corrected chi connectivity index (χ4v) is 10.7. The molecule has 2 N–H and O–H groups in total. The second-order valence-electron chi connectivity index (χ2n) is 15.7. The van der Waals surface area contributed by atoms with E-state index in [2.05, 4.69) is 47.6 Å². The van der Waals surface area contributed by atoms with Gasteiger partial charge in [0, 0.05) is 11.3 Å². The third-order valence-corrected chi connectivity index (χ3v) is 13.4. The van der Waals surface area contributed by atoms with Crippen LogP contribution in [0.25, 0.3) is 0 Å². The lowest BCUT2D eigenvalue weighted by molar-refractivity contribution is -0.235. The third-order valence-electron chi connectivity index (χ3n) is 13.4. The SMILES string of the molecule is CC1(C)CC[C@]2(C)CC[C@]3(C)C(=CC(=O)[C@@H]4[C@@]5(C)CC[C@@](O)(C(=O)O)C(C)(C)[C@H]5CC[C@]43C)[C@H]2C1. The minimum atomic E-state index is -1.74. The van der Waals surface area contributed by atoms with Crippen molar-refractivity contribution in [2.24, 2.45) is 50.2 Å². The van der Waals surface area contributed by atoms with Crippen LogP contribution in [-0.2, 0) is 9.59 Å². The molecule has 0 aromatic heterocycles. The van der Waals surface area contributed by atoms with Crippen LogP contribution in [0.1, 0.15) is 113 Å². The van der Waals surface area contributed by atoms with Gasteiger partial charge in [0.1, 0.15) is 0 Å². The lowest BCUT2D eigenvalue weighted by atomic mass is 9.32. The summed E-state index contributed by atoms with van der Waals surface area (Å²) >= 11 is 0. The van der Waals surface area contributed by atoms with E-state index in [9.17, 15) is 19.8 Å². The Kier molecular flexibility index (Phi) is 5.12. The Morgan fingerprint density at radius 1 is 0.886 bits per heavy atom. The number of allylic oxidation sites excluding steroid dienone is 2. The monoisotopic (exact) mass is 484 g/mol. The number of carboxylic acids is 1. The van der Waals surface area contributed by atoms with Crippen LogP contribution in [0.2, 0.25) is 0 Å². The molecule has 5 rings (SSSR count). The average molecular weight is 485 g/mol. The Morgan fingerprint density at radius 2 is 1.51 bits per heavy atom. The molecule has 0 aromatic carbocycles. The molecule has 0 unspecified atom stereocenters. The molecule has 4 nitrogen and oxygen atoms in total. The van der Waals surface area contributed by atoms with Gasteiger partial charge < -0.3 is 10.2 Å². The molecule has 0 saturated heterocycles. The van der Waals surface area contributed by atoms with Gasteiger partial charge in [-0.05, 0) is 103 Å². The summed E-state index contributed by atoms with van der Waals surface area (Å²) in [6, 6.07) is 0. The Morgan fingerprint density at radius 3 is 2.14 bits per heavy atom. The fourth-order valence-electron chi connectivity index (χ4n) is 10.7. The van der Waals surface area contributed by atoms with Crippen LogP contribution in [0.15, 0.2) is 11.6 Å². The van der Waals surface area contributed by atoms with E-state index in [1.165, 1.54) is 24.8 Å². The van der Waals surface area contributed by atoms with Gasteiger partial charge in [0.05, 0.1) is 0 Å². The maximum atomic E-state index is 14.3. The maximum Gasteiger partial charge on any atom is 0.336 e. The average Bonchev–Trinajstić information content (AvgIpc) is 2.73. The highest BCUT2D eigenvalue weighted by molar-refractivity contribution is 5.95. The van der Waals surface area contributed by atoms with Gasteiger partial charge in [-0.25, -0.2) is 4.79 Å². The van der Waals surface area contributed by atoms with E-state index < -0.39 is 17.0 Å². The van der Waals surface area contributed by atoms with Crippen molar-refractivity contribution in [3.05, 3.63) is 11.6 Å². The van der Waals surface area contributed by atoms with E-state index in [4.69, 9.17) is 0 Å². The molecular weight excluding hydrogens is 436 g/mol. The summed E-state index contributed by atoms with van der Waals surface area (Å²) in [5.74, 6) is -0.504. The Hall–Kier alpha value is -1.16. The summed E-state index contributed by atoms with van der Waals surface area (Å²) in [5.41, 5.74) is -0.975. The molecule has 0 heterocycles. The van der Waals surface area contributed by atoms with Gasteiger partial charge in [-0.2, -0.15) is 0 Å². The number of hydrogen-bond donors (Lipinski definition) is 2. The summed E-state index contributed by atoms with van der Waals surface area (Å²) < 4.78 is 0. The van der Waals surface area contributed by atoms with Crippen molar-refractivity contribution in [3.63, 3.8) is 0 Å². The lowest BCUT2D eigenvalue weighted by Crippen LogP contribution is -2.69. The quantitative estimate of drug-likeness (QED) is 0.429. The van der Waals surface area contributed by atoms with E-state index in [-0.39, 0.29) is 45.7 Å². The van der Waals surface area contributed by atoms with Crippen LogP contribution in [0.4, 0.5) is 0 Å². The van der Waals surface area contributed by atoms with E-state index >= 15 is 0 Å². The first kappa shape index (κ1) is 25.5. The standard InChI is InChI=1S/C31H48O4/c1-25(2)11-12-27(5)13-15-29(7)19(20(27)18-25)17-21(32)23-28(6)14-16-31(35,24(33)34)26(3,4)22(28)9-10-30(23,29)8/h17,20,22-23,35H,9-16,18H2,1-8H3,(H,33,34)/t20-,22-,23-,27-,28+,29-,30-,31-/m1/s1. The molecule has 0 amide bonds. The van der Waals surface area contributed by atoms with Crippen molar-refractivity contribution < 1.29 is 19.8 Å². The van der Waals surface area contributed by atoms with Crippen molar-refractivity contribution in [3.8, 4) is 0 Å². The molecule has 4 fully saturated rings. The number of hydrogen-bond acceptors (Lipinski definition) is 3. The normalized spacial score (nSPS) is 52.3. The van der Waals surface area contributed by atoms with Gasteiger partial charge >= 0.3 is 5.97 Å². The summed E-state index contributed by atoms with van der Waals surface area (Å²) in [6.07, 6.45) is 10.7. The number of rotatable bonds is 1. The summed E-state index contributed by atoms with van der Waals surface area (Å²) in [4.78, 5) is 26.5.